The monoisotopic (exact) mass is 311 g/mol. The zero-order chi connectivity index (χ0) is 15.6. The highest BCUT2D eigenvalue weighted by Gasteiger charge is 2.35. The molecule has 1 saturated heterocycles. The van der Waals surface area contributed by atoms with Gasteiger partial charge in [-0.15, -0.1) is 0 Å². The molecule has 2 unspecified atom stereocenters. The third kappa shape index (κ3) is 3.26. The van der Waals surface area contributed by atoms with Crippen LogP contribution in [-0.2, 0) is 10.0 Å². The van der Waals surface area contributed by atoms with Gasteiger partial charge in [-0.1, -0.05) is 25.7 Å². The van der Waals surface area contributed by atoms with Gasteiger partial charge in [0.25, 0.3) is 0 Å². The smallest absolute Gasteiger partial charge is 0.244 e. The van der Waals surface area contributed by atoms with Crippen LogP contribution in [0.4, 0.5) is 4.39 Å². The largest absolute Gasteiger partial charge is 0.384 e. The summed E-state index contributed by atoms with van der Waals surface area (Å²) in [5.41, 5.74) is 0.0799. The van der Waals surface area contributed by atoms with E-state index in [2.05, 4.69) is 11.8 Å². The van der Waals surface area contributed by atoms with Crippen LogP contribution >= 0.6 is 0 Å². The lowest BCUT2D eigenvalue weighted by atomic mass is 10.0. The molecule has 0 radical (unpaired) electrons. The molecule has 1 aromatic carbocycles. The zero-order valence-electron chi connectivity index (χ0n) is 12.0. The minimum absolute atomic E-state index is 0.00819. The topological polar surface area (TPSA) is 57.6 Å². The number of aliphatic hydroxyl groups excluding tert-OH is 1. The summed E-state index contributed by atoms with van der Waals surface area (Å²) in [6, 6.07) is 3.43. The molecule has 1 aliphatic heterocycles. The van der Waals surface area contributed by atoms with E-state index in [0.29, 0.717) is 13.1 Å². The van der Waals surface area contributed by atoms with Crippen molar-refractivity contribution in [3.8, 4) is 11.8 Å². The number of sulfonamides is 1. The van der Waals surface area contributed by atoms with E-state index in [1.165, 1.54) is 10.4 Å². The highest BCUT2D eigenvalue weighted by Crippen LogP contribution is 2.29. The van der Waals surface area contributed by atoms with Crippen LogP contribution in [0.2, 0.25) is 0 Å². The summed E-state index contributed by atoms with van der Waals surface area (Å²) in [4.78, 5) is -0.00819. The highest BCUT2D eigenvalue weighted by atomic mass is 32.2. The summed E-state index contributed by atoms with van der Waals surface area (Å²) in [7, 11) is -3.70. The Kier molecular flexibility index (Phi) is 4.67. The number of rotatable bonds is 2. The van der Waals surface area contributed by atoms with Crippen LogP contribution in [0.25, 0.3) is 0 Å². The fourth-order valence-electron chi connectivity index (χ4n) is 2.37. The SMILES string of the molecule is CC1CN(S(=O)(=O)c2ccc(F)cc2C#CCO)CC1C. The zero-order valence-corrected chi connectivity index (χ0v) is 12.8. The first-order valence-corrected chi connectivity index (χ1v) is 8.19. The highest BCUT2D eigenvalue weighted by molar-refractivity contribution is 7.89. The summed E-state index contributed by atoms with van der Waals surface area (Å²) in [6.07, 6.45) is 0. The van der Waals surface area contributed by atoms with Crippen molar-refractivity contribution in [1.29, 1.82) is 0 Å². The standard InChI is InChI=1S/C15H18FNO3S/c1-11-9-17(10-12(11)2)21(19,20)15-6-5-14(16)8-13(15)4-3-7-18/h5-6,8,11-12,18H,7,9-10H2,1-2H3. The van der Waals surface area contributed by atoms with E-state index in [4.69, 9.17) is 5.11 Å². The Morgan fingerprint density at radius 2 is 1.95 bits per heavy atom. The van der Waals surface area contributed by atoms with Gasteiger partial charge < -0.3 is 5.11 Å². The Morgan fingerprint density at radius 1 is 1.33 bits per heavy atom. The molecule has 0 saturated carbocycles. The normalized spacial score (nSPS) is 22.9. The number of nitrogens with zero attached hydrogens (tertiary/aromatic N) is 1. The molecule has 2 rings (SSSR count). The molecule has 0 aliphatic carbocycles. The Morgan fingerprint density at radius 3 is 2.52 bits per heavy atom. The van der Waals surface area contributed by atoms with Crippen LogP contribution in [0, 0.1) is 29.5 Å². The Balaban J connectivity index is 2.45. The van der Waals surface area contributed by atoms with E-state index >= 15 is 0 Å². The van der Waals surface area contributed by atoms with Crippen LogP contribution < -0.4 is 0 Å². The van der Waals surface area contributed by atoms with Gasteiger partial charge in [-0.25, -0.2) is 12.8 Å². The number of hydrogen-bond donors (Lipinski definition) is 1. The maximum Gasteiger partial charge on any atom is 0.244 e. The second-order valence-corrected chi connectivity index (χ2v) is 7.28. The van der Waals surface area contributed by atoms with Gasteiger partial charge in [0.2, 0.25) is 10.0 Å². The molecular weight excluding hydrogens is 293 g/mol. The van der Waals surface area contributed by atoms with Crippen molar-refractivity contribution in [2.75, 3.05) is 19.7 Å². The lowest BCUT2D eigenvalue weighted by Gasteiger charge is -2.17. The Bertz CT molecular complexity index is 681. The molecule has 1 heterocycles. The fourth-order valence-corrected chi connectivity index (χ4v) is 4.14. The van der Waals surface area contributed by atoms with Crippen molar-refractivity contribution in [3.63, 3.8) is 0 Å². The Hall–Kier alpha value is -1.42. The first-order chi connectivity index (χ1) is 9.86. The molecule has 1 aromatic rings. The molecule has 21 heavy (non-hydrogen) atoms. The number of aliphatic hydroxyl groups is 1. The maximum atomic E-state index is 13.3. The van der Waals surface area contributed by atoms with E-state index < -0.39 is 22.4 Å². The first kappa shape index (κ1) is 16.0. The third-order valence-electron chi connectivity index (χ3n) is 3.82. The van der Waals surface area contributed by atoms with Crippen LogP contribution in [0.5, 0.6) is 0 Å². The van der Waals surface area contributed by atoms with E-state index in [1.807, 2.05) is 13.8 Å². The van der Waals surface area contributed by atoms with E-state index in [1.54, 1.807) is 0 Å². The molecule has 114 valence electrons. The predicted molar refractivity (Wildman–Crippen MR) is 77.5 cm³/mol. The molecule has 2 atom stereocenters. The predicted octanol–water partition coefficient (Wildman–Crippen LogP) is 1.45. The molecular formula is C15H18FNO3S. The second-order valence-electron chi connectivity index (χ2n) is 5.38. The van der Waals surface area contributed by atoms with Gasteiger partial charge in [0.05, 0.1) is 4.90 Å². The fraction of sp³-hybridized carbons (Fsp3) is 0.467. The molecule has 0 bridgehead atoms. The van der Waals surface area contributed by atoms with Gasteiger partial charge in [-0.05, 0) is 30.0 Å². The van der Waals surface area contributed by atoms with Crippen LogP contribution in [0.15, 0.2) is 23.1 Å². The molecule has 4 nitrogen and oxygen atoms in total. The molecule has 6 heteroatoms. The second kappa shape index (κ2) is 6.14. The minimum atomic E-state index is -3.70. The summed E-state index contributed by atoms with van der Waals surface area (Å²) < 4.78 is 40.1. The van der Waals surface area contributed by atoms with Crippen LogP contribution in [0.3, 0.4) is 0 Å². The van der Waals surface area contributed by atoms with E-state index in [9.17, 15) is 12.8 Å². The van der Waals surface area contributed by atoms with Crippen LogP contribution in [-0.4, -0.2) is 37.5 Å². The van der Waals surface area contributed by atoms with Crippen molar-refractivity contribution < 1.29 is 17.9 Å². The van der Waals surface area contributed by atoms with Gasteiger partial charge in [-0.2, -0.15) is 4.31 Å². The third-order valence-corrected chi connectivity index (χ3v) is 5.71. The molecule has 0 aromatic heterocycles. The number of halogens is 1. The van der Waals surface area contributed by atoms with E-state index in [0.717, 1.165) is 12.1 Å². The van der Waals surface area contributed by atoms with Gasteiger partial charge in [0.1, 0.15) is 12.4 Å². The Labute approximate surface area is 124 Å². The van der Waals surface area contributed by atoms with Crippen molar-refractivity contribution in [2.24, 2.45) is 11.8 Å². The molecule has 0 spiro atoms. The number of benzene rings is 1. The number of hydrogen-bond acceptors (Lipinski definition) is 3. The van der Waals surface area contributed by atoms with E-state index in [-0.39, 0.29) is 22.3 Å². The summed E-state index contributed by atoms with van der Waals surface area (Å²) in [5.74, 6) is 4.89. The maximum absolute atomic E-state index is 13.3. The molecule has 1 N–H and O–H groups in total. The lowest BCUT2D eigenvalue weighted by Crippen LogP contribution is -2.29. The van der Waals surface area contributed by atoms with Crippen molar-refractivity contribution >= 4 is 10.0 Å². The quantitative estimate of drug-likeness (QED) is 0.841. The van der Waals surface area contributed by atoms with Gasteiger partial charge in [-0.3, -0.25) is 0 Å². The first-order valence-electron chi connectivity index (χ1n) is 6.75. The summed E-state index contributed by atoms with van der Waals surface area (Å²) >= 11 is 0. The van der Waals surface area contributed by atoms with Crippen LogP contribution in [0.1, 0.15) is 19.4 Å². The van der Waals surface area contributed by atoms with Crippen molar-refractivity contribution in [1.82, 2.24) is 4.31 Å². The lowest BCUT2D eigenvalue weighted by molar-refractivity contribution is 0.350. The average Bonchev–Trinajstić information content (AvgIpc) is 2.77. The molecule has 1 fully saturated rings. The average molecular weight is 311 g/mol. The van der Waals surface area contributed by atoms with Gasteiger partial charge in [0.15, 0.2) is 0 Å². The molecule has 0 amide bonds. The van der Waals surface area contributed by atoms with Gasteiger partial charge >= 0.3 is 0 Å². The summed E-state index contributed by atoms with van der Waals surface area (Å²) in [6.45, 7) is 4.52. The minimum Gasteiger partial charge on any atom is -0.384 e. The van der Waals surface area contributed by atoms with Crippen molar-refractivity contribution in [3.05, 3.63) is 29.6 Å². The summed E-state index contributed by atoms with van der Waals surface area (Å²) in [5, 5.41) is 8.74. The van der Waals surface area contributed by atoms with Gasteiger partial charge in [0, 0.05) is 18.7 Å². The van der Waals surface area contributed by atoms with Crippen molar-refractivity contribution in [2.45, 2.75) is 18.7 Å². The molecule has 1 aliphatic rings.